The molecule has 3 nitrogen and oxygen atoms in total. The normalized spacial score (nSPS) is 25.4. The molecule has 1 N–H and O–H groups in total. The van der Waals surface area contributed by atoms with Gasteiger partial charge in [-0.25, -0.2) is 0 Å². The summed E-state index contributed by atoms with van der Waals surface area (Å²) >= 11 is 0. The van der Waals surface area contributed by atoms with E-state index in [0.717, 1.165) is 29.8 Å². The predicted molar refractivity (Wildman–Crippen MR) is 68.7 cm³/mol. The van der Waals surface area contributed by atoms with Crippen LogP contribution in [0, 0.1) is 18.8 Å². The molecule has 17 heavy (non-hydrogen) atoms. The summed E-state index contributed by atoms with van der Waals surface area (Å²) in [6.07, 6.45) is 5.43. The average molecular weight is 236 g/mol. The summed E-state index contributed by atoms with van der Waals surface area (Å²) in [5.41, 5.74) is 1.02. The predicted octanol–water partition coefficient (Wildman–Crippen LogP) is 3.29. The van der Waals surface area contributed by atoms with Crippen LogP contribution in [0.3, 0.4) is 0 Å². The Labute approximate surface area is 104 Å². The van der Waals surface area contributed by atoms with Crippen LogP contribution in [0.1, 0.15) is 51.0 Å². The highest BCUT2D eigenvalue weighted by atomic mass is 16.5. The summed E-state index contributed by atoms with van der Waals surface area (Å²) < 4.78 is 5.09. The molecule has 1 saturated carbocycles. The van der Waals surface area contributed by atoms with E-state index in [1.54, 1.807) is 0 Å². The van der Waals surface area contributed by atoms with E-state index in [2.05, 4.69) is 24.3 Å². The molecule has 0 bridgehead atoms. The minimum Gasteiger partial charge on any atom is -0.361 e. The first-order chi connectivity index (χ1) is 8.16. The van der Waals surface area contributed by atoms with Crippen LogP contribution in [0.15, 0.2) is 10.6 Å². The van der Waals surface area contributed by atoms with E-state index >= 15 is 0 Å². The second kappa shape index (κ2) is 5.67. The van der Waals surface area contributed by atoms with Gasteiger partial charge in [0.15, 0.2) is 0 Å². The van der Waals surface area contributed by atoms with Crippen LogP contribution >= 0.6 is 0 Å². The maximum atomic E-state index is 5.09. The van der Waals surface area contributed by atoms with Crippen LogP contribution in [-0.4, -0.2) is 11.2 Å². The lowest BCUT2D eigenvalue weighted by molar-refractivity contribution is 0.203. The molecule has 2 rings (SSSR count). The number of nitrogens with zero attached hydrogens (tertiary/aromatic N) is 1. The van der Waals surface area contributed by atoms with E-state index in [-0.39, 0.29) is 0 Å². The molecular weight excluding hydrogens is 212 g/mol. The molecule has 1 heterocycles. The number of hydrogen-bond donors (Lipinski definition) is 1. The lowest BCUT2D eigenvalue weighted by Gasteiger charge is -2.34. The van der Waals surface area contributed by atoms with Crippen LogP contribution in [0.4, 0.5) is 0 Å². The number of nitrogens with one attached hydrogen (secondary N) is 1. The van der Waals surface area contributed by atoms with Gasteiger partial charge in [0.05, 0.1) is 5.69 Å². The maximum absolute atomic E-state index is 5.09. The first-order valence-electron chi connectivity index (χ1n) is 6.82. The van der Waals surface area contributed by atoms with Crippen molar-refractivity contribution in [1.82, 2.24) is 10.5 Å². The zero-order chi connectivity index (χ0) is 12.3. The molecule has 1 fully saturated rings. The lowest BCUT2D eigenvalue weighted by atomic mass is 9.78. The molecule has 1 aliphatic carbocycles. The molecule has 0 saturated heterocycles. The van der Waals surface area contributed by atoms with Crippen molar-refractivity contribution < 1.29 is 4.52 Å². The molecule has 0 aliphatic heterocycles. The van der Waals surface area contributed by atoms with Gasteiger partial charge < -0.3 is 9.84 Å². The smallest absolute Gasteiger partial charge is 0.133 e. The molecule has 0 amide bonds. The van der Waals surface area contributed by atoms with Crippen molar-refractivity contribution in [3.63, 3.8) is 0 Å². The van der Waals surface area contributed by atoms with Gasteiger partial charge in [-0.2, -0.15) is 0 Å². The minimum absolute atomic E-state index is 0.653. The summed E-state index contributed by atoms with van der Waals surface area (Å²) in [4.78, 5) is 0. The second-order valence-corrected chi connectivity index (χ2v) is 5.61. The Hall–Kier alpha value is -0.830. The summed E-state index contributed by atoms with van der Waals surface area (Å²) in [6.45, 7) is 7.45. The van der Waals surface area contributed by atoms with Crippen molar-refractivity contribution in [3.8, 4) is 0 Å². The second-order valence-electron chi connectivity index (χ2n) is 5.61. The van der Waals surface area contributed by atoms with Crippen molar-refractivity contribution >= 4 is 0 Å². The van der Waals surface area contributed by atoms with E-state index in [4.69, 9.17) is 4.52 Å². The third-order valence-electron chi connectivity index (χ3n) is 3.90. The first-order valence-corrected chi connectivity index (χ1v) is 6.82. The zero-order valence-corrected chi connectivity index (χ0v) is 11.2. The lowest BCUT2D eigenvalue weighted by Crippen LogP contribution is -2.40. The van der Waals surface area contributed by atoms with Gasteiger partial charge >= 0.3 is 0 Å². The van der Waals surface area contributed by atoms with Crippen molar-refractivity contribution in [1.29, 1.82) is 0 Å². The van der Waals surface area contributed by atoms with Crippen molar-refractivity contribution in [2.24, 2.45) is 11.8 Å². The molecule has 0 spiro atoms. The first kappa shape index (κ1) is 12.6. The van der Waals surface area contributed by atoms with Gasteiger partial charge in [0.2, 0.25) is 0 Å². The molecule has 1 aromatic rings. The van der Waals surface area contributed by atoms with Gasteiger partial charge in [0.25, 0.3) is 0 Å². The van der Waals surface area contributed by atoms with Gasteiger partial charge in [0, 0.05) is 18.7 Å². The van der Waals surface area contributed by atoms with Crippen LogP contribution in [0.5, 0.6) is 0 Å². The minimum atomic E-state index is 0.653. The van der Waals surface area contributed by atoms with Gasteiger partial charge in [-0.15, -0.1) is 0 Å². The van der Waals surface area contributed by atoms with E-state index in [0.29, 0.717) is 6.04 Å². The average Bonchev–Trinajstić information content (AvgIpc) is 2.73. The number of aromatic nitrogens is 1. The third-order valence-corrected chi connectivity index (χ3v) is 3.90. The fourth-order valence-corrected chi connectivity index (χ4v) is 2.95. The fraction of sp³-hybridized carbons (Fsp3) is 0.786. The third kappa shape index (κ3) is 3.32. The highest BCUT2D eigenvalue weighted by Gasteiger charge is 2.27. The summed E-state index contributed by atoms with van der Waals surface area (Å²) in [5.74, 6) is 2.48. The Bertz CT molecular complexity index is 346. The molecule has 2 atom stereocenters. The number of rotatable bonds is 4. The standard InChI is InChI=1S/C14H24N2O/c1-10(2)13-6-4-5-7-14(13)15-9-12-8-11(3)17-16-12/h8,10,13-15H,4-7,9H2,1-3H3/t13-,14+/m1/s1. The van der Waals surface area contributed by atoms with E-state index < -0.39 is 0 Å². The van der Waals surface area contributed by atoms with Crippen LogP contribution in [0.25, 0.3) is 0 Å². The topological polar surface area (TPSA) is 38.1 Å². The monoisotopic (exact) mass is 236 g/mol. The zero-order valence-electron chi connectivity index (χ0n) is 11.2. The fourth-order valence-electron chi connectivity index (χ4n) is 2.95. The maximum Gasteiger partial charge on any atom is 0.133 e. The highest BCUT2D eigenvalue weighted by molar-refractivity contribution is 5.03. The molecule has 0 aromatic carbocycles. The summed E-state index contributed by atoms with van der Waals surface area (Å²) in [6, 6.07) is 2.67. The van der Waals surface area contributed by atoms with Gasteiger partial charge in [-0.05, 0) is 31.6 Å². The highest BCUT2D eigenvalue weighted by Crippen LogP contribution is 2.30. The van der Waals surface area contributed by atoms with Crippen molar-refractivity contribution in [2.45, 2.75) is 59.0 Å². The molecule has 3 heteroatoms. The molecule has 96 valence electrons. The van der Waals surface area contributed by atoms with Gasteiger partial charge in [-0.1, -0.05) is 31.8 Å². The van der Waals surface area contributed by atoms with Gasteiger partial charge in [0.1, 0.15) is 5.76 Å². The Balaban J connectivity index is 1.88. The van der Waals surface area contributed by atoms with Crippen LogP contribution < -0.4 is 5.32 Å². The Kier molecular flexibility index (Phi) is 4.21. The molecular formula is C14H24N2O. The largest absolute Gasteiger partial charge is 0.361 e. The Morgan fingerprint density at radius 1 is 1.41 bits per heavy atom. The quantitative estimate of drug-likeness (QED) is 0.871. The number of aryl methyl sites for hydroxylation is 1. The van der Waals surface area contributed by atoms with Crippen molar-refractivity contribution in [2.75, 3.05) is 0 Å². The van der Waals surface area contributed by atoms with E-state index in [9.17, 15) is 0 Å². The molecule has 0 radical (unpaired) electrons. The molecule has 0 unspecified atom stereocenters. The molecule has 1 aromatic heterocycles. The van der Waals surface area contributed by atoms with E-state index in [1.165, 1.54) is 25.7 Å². The van der Waals surface area contributed by atoms with E-state index in [1.807, 2.05) is 13.0 Å². The Morgan fingerprint density at radius 3 is 2.82 bits per heavy atom. The summed E-state index contributed by atoms with van der Waals surface area (Å²) in [7, 11) is 0. The van der Waals surface area contributed by atoms with Crippen LogP contribution in [0.2, 0.25) is 0 Å². The van der Waals surface area contributed by atoms with Crippen molar-refractivity contribution in [3.05, 3.63) is 17.5 Å². The molecule has 1 aliphatic rings. The SMILES string of the molecule is Cc1cc(CN[C@H]2CCCC[C@@H]2C(C)C)no1. The summed E-state index contributed by atoms with van der Waals surface area (Å²) in [5, 5.41) is 7.69. The van der Waals surface area contributed by atoms with Gasteiger partial charge in [-0.3, -0.25) is 0 Å². The number of hydrogen-bond acceptors (Lipinski definition) is 3. The Morgan fingerprint density at radius 2 is 2.18 bits per heavy atom. The van der Waals surface area contributed by atoms with Crippen LogP contribution in [-0.2, 0) is 6.54 Å².